The summed E-state index contributed by atoms with van der Waals surface area (Å²) in [4.78, 5) is 14.0. The first-order chi connectivity index (χ1) is 10.8. The molecule has 136 valence electrons. The molecule has 0 spiro atoms. The Bertz CT molecular complexity index is 554. The van der Waals surface area contributed by atoms with Gasteiger partial charge in [0.15, 0.2) is 0 Å². The van der Waals surface area contributed by atoms with Crippen LogP contribution in [-0.4, -0.2) is 30.8 Å². The van der Waals surface area contributed by atoms with Crippen LogP contribution < -0.4 is 10.5 Å². The number of nitrogens with two attached hydrogens (primary N) is 1. The number of carbonyl (C=O) groups is 1. The lowest BCUT2D eigenvalue weighted by molar-refractivity contribution is -0.274. The van der Waals surface area contributed by atoms with Gasteiger partial charge >= 0.3 is 6.36 Å². The third kappa shape index (κ3) is 5.56. The molecule has 24 heavy (non-hydrogen) atoms. The maximum Gasteiger partial charge on any atom is 0.573 e. The summed E-state index contributed by atoms with van der Waals surface area (Å²) in [5, 5.41) is 0. The Balaban J connectivity index is 0.00000288. The molecule has 1 aliphatic rings. The number of rotatable bonds is 5. The Morgan fingerprint density at radius 2 is 2.08 bits per heavy atom. The standard InChI is InChI=1S/C16H21F3N2O2.ClH/c1-21(15(22)14-7-3-5-12(14)9-20)10-11-4-2-6-13(8-11)23-16(17,18)19;/h2,4,6,8,12,14H,3,5,7,9-10,20H2,1H3;1H/t12-,14-;/m1./s1. The van der Waals surface area contributed by atoms with Crippen LogP contribution in [0.5, 0.6) is 5.75 Å². The van der Waals surface area contributed by atoms with Crippen molar-refractivity contribution in [3.63, 3.8) is 0 Å². The van der Waals surface area contributed by atoms with Crippen molar-refractivity contribution in [1.82, 2.24) is 4.90 Å². The summed E-state index contributed by atoms with van der Waals surface area (Å²) in [6, 6.07) is 5.68. The SMILES string of the molecule is CN(Cc1cccc(OC(F)(F)F)c1)C(=O)[C@@H]1CCC[C@@H]1CN.Cl. The molecule has 0 saturated heterocycles. The van der Waals surface area contributed by atoms with Gasteiger partial charge in [0.05, 0.1) is 0 Å². The third-order valence-electron chi connectivity index (χ3n) is 4.21. The summed E-state index contributed by atoms with van der Waals surface area (Å²) in [6.45, 7) is 0.723. The molecule has 0 bridgehead atoms. The fraction of sp³-hybridized carbons (Fsp3) is 0.562. The topological polar surface area (TPSA) is 55.6 Å². The van der Waals surface area contributed by atoms with Crippen molar-refractivity contribution < 1.29 is 22.7 Å². The summed E-state index contributed by atoms with van der Waals surface area (Å²) in [6.07, 6.45) is -1.96. The number of carbonyl (C=O) groups excluding carboxylic acids is 1. The fourth-order valence-electron chi connectivity index (χ4n) is 3.12. The Kier molecular flexibility index (Phi) is 7.35. The maximum atomic E-state index is 12.5. The van der Waals surface area contributed by atoms with Gasteiger partial charge in [0, 0.05) is 19.5 Å². The fourth-order valence-corrected chi connectivity index (χ4v) is 3.12. The first-order valence-corrected chi connectivity index (χ1v) is 7.60. The van der Waals surface area contributed by atoms with Crippen LogP contribution in [0, 0.1) is 11.8 Å². The van der Waals surface area contributed by atoms with Crippen LogP contribution in [0.3, 0.4) is 0 Å². The van der Waals surface area contributed by atoms with Crippen molar-refractivity contribution in [2.24, 2.45) is 17.6 Å². The molecule has 8 heteroatoms. The highest BCUT2D eigenvalue weighted by atomic mass is 35.5. The van der Waals surface area contributed by atoms with Gasteiger partial charge in [-0.15, -0.1) is 25.6 Å². The van der Waals surface area contributed by atoms with E-state index in [1.165, 1.54) is 18.2 Å². The van der Waals surface area contributed by atoms with E-state index in [9.17, 15) is 18.0 Å². The second kappa shape index (κ2) is 8.58. The molecule has 0 aliphatic heterocycles. The quantitative estimate of drug-likeness (QED) is 0.869. The second-order valence-electron chi connectivity index (χ2n) is 5.92. The number of benzene rings is 1. The second-order valence-corrected chi connectivity index (χ2v) is 5.92. The van der Waals surface area contributed by atoms with E-state index < -0.39 is 6.36 Å². The van der Waals surface area contributed by atoms with E-state index in [0.29, 0.717) is 12.1 Å². The third-order valence-corrected chi connectivity index (χ3v) is 4.21. The zero-order valence-corrected chi connectivity index (χ0v) is 14.2. The molecule has 1 aromatic carbocycles. The number of amides is 1. The summed E-state index contributed by atoms with van der Waals surface area (Å²) >= 11 is 0. The van der Waals surface area contributed by atoms with Gasteiger partial charge in [-0.3, -0.25) is 4.79 Å². The molecule has 1 fully saturated rings. The van der Waals surface area contributed by atoms with Gasteiger partial charge in [0.25, 0.3) is 0 Å². The van der Waals surface area contributed by atoms with Crippen LogP contribution in [0.25, 0.3) is 0 Å². The molecule has 1 aliphatic carbocycles. The Labute approximate surface area is 145 Å². The number of hydrogen-bond acceptors (Lipinski definition) is 3. The highest BCUT2D eigenvalue weighted by Crippen LogP contribution is 2.32. The number of alkyl halides is 3. The van der Waals surface area contributed by atoms with E-state index in [0.717, 1.165) is 19.3 Å². The van der Waals surface area contributed by atoms with Crippen molar-refractivity contribution in [2.45, 2.75) is 32.2 Å². The van der Waals surface area contributed by atoms with Gasteiger partial charge in [-0.25, -0.2) is 0 Å². The minimum Gasteiger partial charge on any atom is -0.406 e. The van der Waals surface area contributed by atoms with E-state index in [-0.39, 0.29) is 42.4 Å². The van der Waals surface area contributed by atoms with Crippen LogP contribution in [-0.2, 0) is 11.3 Å². The number of halogens is 4. The minimum absolute atomic E-state index is 0. The number of ether oxygens (including phenoxy) is 1. The first-order valence-electron chi connectivity index (χ1n) is 7.60. The van der Waals surface area contributed by atoms with Crippen molar-refractivity contribution >= 4 is 18.3 Å². The van der Waals surface area contributed by atoms with E-state index >= 15 is 0 Å². The Hall–Kier alpha value is -1.47. The molecule has 0 heterocycles. The van der Waals surface area contributed by atoms with E-state index in [2.05, 4.69) is 4.74 Å². The Morgan fingerprint density at radius 3 is 2.71 bits per heavy atom. The van der Waals surface area contributed by atoms with Crippen LogP contribution in [0.4, 0.5) is 13.2 Å². The van der Waals surface area contributed by atoms with Gasteiger partial charge in [-0.2, -0.15) is 0 Å². The molecular formula is C16H22ClF3N2O2. The lowest BCUT2D eigenvalue weighted by Gasteiger charge is -2.24. The van der Waals surface area contributed by atoms with Gasteiger partial charge < -0.3 is 15.4 Å². The van der Waals surface area contributed by atoms with Crippen LogP contribution in [0.2, 0.25) is 0 Å². The lowest BCUT2D eigenvalue weighted by Crippen LogP contribution is -2.36. The van der Waals surface area contributed by atoms with Crippen LogP contribution in [0.1, 0.15) is 24.8 Å². The van der Waals surface area contributed by atoms with Crippen molar-refractivity contribution in [2.75, 3.05) is 13.6 Å². The number of hydrogen-bond donors (Lipinski definition) is 1. The lowest BCUT2D eigenvalue weighted by atomic mass is 9.95. The molecule has 1 saturated carbocycles. The normalized spacial score (nSPS) is 20.4. The predicted molar refractivity (Wildman–Crippen MR) is 86.7 cm³/mol. The summed E-state index contributed by atoms with van der Waals surface area (Å²) in [5.74, 6) is -0.166. The molecular weight excluding hydrogens is 345 g/mol. The molecule has 2 atom stereocenters. The molecule has 0 aromatic heterocycles. The Morgan fingerprint density at radius 1 is 1.38 bits per heavy atom. The molecule has 2 N–H and O–H groups in total. The summed E-state index contributed by atoms with van der Waals surface area (Å²) in [5.41, 5.74) is 6.29. The average Bonchev–Trinajstić information content (AvgIpc) is 2.93. The summed E-state index contributed by atoms with van der Waals surface area (Å²) < 4.78 is 40.7. The van der Waals surface area contributed by atoms with Gasteiger partial charge in [-0.05, 0) is 43.0 Å². The molecule has 1 aromatic rings. The highest BCUT2D eigenvalue weighted by molar-refractivity contribution is 5.85. The minimum atomic E-state index is -4.72. The molecule has 1 amide bonds. The highest BCUT2D eigenvalue weighted by Gasteiger charge is 2.34. The molecule has 0 radical (unpaired) electrons. The van der Waals surface area contributed by atoms with Crippen molar-refractivity contribution in [3.8, 4) is 5.75 Å². The predicted octanol–water partition coefficient (Wildman–Crippen LogP) is 3.34. The zero-order valence-electron chi connectivity index (χ0n) is 13.4. The van der Waals surface area contributed by atoms with E-state index in [1.807, 2.05) is 0 Å². The van der Waals surface area contributed by atoms with Crippen molar-refractivity contribution in [1.29, 1.82) is 0 Å². The summed E-state index contributed by atoms with van der Waals surface area (Å²) in [7, 11) is 1.66. The van der Waals surface area contributed by atoms with Crippen LogP contribution in [0.15, 0.2) is 24.3 Å². The molecule has 4 nitrogen and oxygen atoms in total. The zero-order chi connectivity index (χ0) is 17.0. The largest absolute Gasteiger partial charge is 0.573 e. The van der Waals surface area contributed by atoms with Gasteiger partial charge in [-0.1, -0.05) is 18.6 Å². The monoisotopic (exact) mass is 366 g/mol. The van der Waals surface area contributed by atoms with E-state index in [1.54, 1.807) is 18.0 Å². The molecule has 2 rings (SSSR count). The smallest absolute Gasteiger partial charge is 0.406 e. The maximum absolute atomic E-state index is 12.5. The molecule has 0 unspecified atom stereocenters. The number of nitrogens with zero attached hydrogens (tertiary/aromatic N) is 1. The van der Waals surface area contributed by atoms with E-state index in [4.69, 9.17) is 5.73 Å². The van der Waals surface area contributed by atoms with Gasteiger partial charge in [0.2, 0.25) is 5.91 Å². The average molecular weight is 367 g/mol. The van der Waals surface area contributed by atoms with Crippen molar-refractivity contribution in [3.05, 3.63) is 29.8 Å². The van der Waals surface area contributed by atoms with Crippen LogP contribution >= 0.6 is 12.4 Å². The van der Waals surface area contributed by atoms with Gasteiger partial charge in [0.1, 0.15) is 5.75 Å². The first kappa shape index (κ1) is 20.6.